The molecule has 0 atom stereocenters. The SMILES string of the molecule is Cc1cc(Oc2cccc(F)c2)ccc1CBr. The molecule has 17 heavy (non-hydrogen) atoms. The van der Waals surface area contributed by atoms with Crippen LogP contribution in [0.4, 0.5) is 4.39 Å². The molecule has 0 bridgehead atoms. The van der Waals surface area contributed by atoms with Crippen LogP contribution in [-0.4, -0.2) is 0 Å². The zero-order valence-electron chi connectivity index (χ0n) is 9.41. The van der Waals surface area contributed by atoms with Crippen LogP contribution in [0.3, 0.4) is 0 Å². The van der Waals surface area contributed by atoms with Crippen molar-refractivity contribution in [3.05, 3.63) is 59.4 Å². The van der Waals surface area contributed by atoms with Crippen molar-refractivity contribution in [1.29, 1.82) is 0 Å². The number of hydrogen-bond acceptors (Lipinski definition) is 1. The lowest BCUT2D eigenvalue weighted by Crippen LogP contribution is -1.89. The minimum atomic E-state index is -0.295. The van der Waals surface area contributed by atoms with Gasteiger partial charge in [0.2, 0.25) is 0 Å². The van der Waals surface area contributed by atoms with Crippen molar-refractivity contribution in [3.8, 4) is 11.5 Å². The Morgan fingerprint density at radius 3 is 2.53 bits per heavy atom. The first-order chi connectivity index (χ1) is 8.19. The van der Waals surface area contributed by atoms with Crippen LogP contribution in [0.1, 0.15) is 11.1 Å². The second kappa shape index (κ2) is 5.32. The summed E-state index contributed by atoms with van der Waals surface area (Å²) in [6, 6.07) is 12.0. The maximum Gasteiger partial charge on any atom is 0.130 e. The predicted molar refractivity (Wildman–Crippen MR) is 70.3 cm³/mol. The monoisotopic (exact) mass is 294 g/mol. The zero-order chi connectivity index (χ0) is 12.3. The highest BCUT2D eigenvalue weighted by molar-refractivity contribution is 9.08. The van der Waals surface area contributed by atoms with Crippen LogP contribution in [0.5, 0.6) is 11.5 Å². The van der Waals surface area contributed by atoms with Gasteiger partial charge in [-0.25, -0.2) is 4.39 Å². The van der Waals surface area contributed by atoms with Gasteiger partial charge in [-0.05, 0) is 42.3 Å². The van der Waals surface area contributed by atoms with Gasteiger partial charge in [0.05, 0.1) is 0 Å². The molecule has 0 unspecified atom stereocenters. The molecule has 0 fully saturated rings. The summed E-state index contributed by atoms with van der Waals surface area (Å²) in [6.45, 7) is 2.02. The molecule has 2 aromatic carbocycles. The smallest absolute Gasteiger partial charge is 0.130 e. The van der Waals surface area contributed by atoms with E-state index in [1.807, 2.05) is 25.1 Å². The second-order valence-corrected chi connectivity index (χ2v) is 4.34. The number of ether oxygens (including phenoxy) is 1. The number of halogens is 2. The number of alkyl halides is 1. The lowest BCUT2D eigenvalue weighted by molar-refractivity contribution is 0.476. The average molecular weight is 295 g/mol. The number of hydrogen-bond donors (Lipinski definition) is 0. The number of benzene rings is 2. The molecule has 2 rings (SSSR count). The minimum Gasteiger partial charge on any atom is -0.457 e. The molecule has 0 aliphatic heterocycles. The van der Waals surface area contributed by atoms with E-state index in [-0.39, 0.29) is 5.82 Å². The van der Waals surface area contributed by atoms with Gasteiger partial charge >= 0.3 is 0 Å². The molecule has 0 heterocycles. The summed E-state index contributed by atoms with van der Waals surface area (Å²) in [5.74, 6) is 0.935. The van der Waals surface area contributed by atoms with Crippen molar-refractivity contribution in [2.45, 2.75) is 12.3 Å². The summed E-state index contributed by atoms with van der Waals surface area (Å²) in [7, 11) is 0. The van der Waals surface area contributed by atoms with Gasteiger partial charge in [-0.3, -0.25) is 0 Å². The van der Waals surface area contributed by atoms with Gasteiger partial charge in [0.1, 0.15) is 17.3 Å². The van der Waals surface area contributed by atoms with Gasteiger partial charge in [-0.2, -0.15) is 0 Å². The molecule has 0 amide bonds. The van der Waals surface area contributed by atoms with E-state index in [1.54, 1.807) is 12.1 Å². The summed E-state index contributed by atoms with van der Waals surface area (Å²) in [5, 5.41) is 0.819. The third kappa shape index (κ3) is 3.07. The first kappa shape index (κ1) is 12.1. The van der Waals surface area contributed by atoms with Crippen LogP contribution < -0.4 is 4.74 Å². The van der Waals surface area contributed by atoms with Crippen molar-refractivity contribution in [3.63, 3.8) is 0 Å². The van der Waals surface area contributed by atoms with E-state index in [9.17, 15) is 4.39 Å². The average Bonchev–Trinajstić information content (AvgIpc) is 2.29. The van der Waals surface area contributed by atoms with Crippen molar-refractivity contribution in [2.75, 3.05) is 0 Å². The molecular formula is C14H12BrFO. The lowest BCUT2D eigenvalue weighted by atomic mass is 10.1. The summed E-state index contributed by atoms with van der Waals surface area (Å²) >= 11 is 3.42. The largest absolute Gasteiger partial charge is 0.457 e. The van der Waals surface area contributed by atoms with Crippen LogP contribution >= 0.6 is 15.9 Å². The quantitative estimate of drug-likeness (QED) is 0.737. The Labute approximate surface area is 108 Å². The van der Waals surface area contributed by atoms with Gasteiger partial charge in [0.25, 0.3) is 0 Å². The van der Waals surface area contributed by atoms with E-state index in [2.05, 4.69) is 15.9 Å². The van der Waals surface area contributed by atoms with Crippen LogP contribution in [0, 0.1) is 12.7 Å². The van der Waals surface area contributed by atoms with E-state index in [0.717, 1.165) is 16.6 Å². The molecule has 3 heteroatoms. The Bertz CT molecular complexity index is 525. The van der Waals surface area contributed by atoms with Crippen LogP contribution in [0.2, 0.25) is 0 Å². The predicted octanol–water partition coefficient (Wildman–Crippen LogP) is 4.82. The Hall–Kier alpha value is -1.35. The Balaban J connectivity index is 2.22. The first-order valence-electron chi connectivity index (χ1n) is 5.28. The summed E-state index contributed by atoms with van der Waals surface area (Å²) < 4.78 is 18.6. The lowest BCUT2D eigenvalue weighted by Gasteiger charge is -2.08. The molecule has 1 nitrogen and oxygen atoms in total. The molecule has 0 aromatic heterocycles. The van der Waals surface area contributed by atoms with Crippen molar-refractivity contribution in [2.24, 2.45) is 0 Å². The van der Waals surface area contributed by atoms with Gasteiger partial charge in [-0.1, -0.05) is 28.1 Å². The molecule has 0 saturated heterocycles. The molecule has 0 radical (unpaired) electrons. The first-order valence-corrected chi connectivity index (χ1v) is 6.40. The highest BCUT2D eigenvalue weighted by Crippen LogP contribution is 2.25. The molecule has 2 aromatic rings. The fourth-order valence-electron chi connectivity index (χ4n) is 1.55. The fraction of sp³-hybridized carbons (Fsp3) is 0.143. The highest BCUT2D eigenvalue weighted by Gasteiger charge is 2.02. The van der Waals surface area contributed by atoms with Crippen LogP contribution in [0.25, 0.3) is 0 Å². The van der Waals surface area contributed by atoms with E-state index in [0.29, 0.717) is 5.75 Å². The van der Waals surface area contributed by atoms with Crippen LogP contribution in [0.15, 0.2) is 42.5 Å². The van der Waals surface area contributed by atoms with Crippen molar-refractivity contribution < 1.29 is 9.13 Å². The third-order valence-electron chi connectivity index (χ3n) is 2.49. The number of aryl methyl sites for hydroxylation is 1. The normalized spacial score (nSPS) is 10.3. The second-order valence-electron chi connectivity index (χ2n) is 3.78. The van der Waals surface area contributed by atoms with Gasteiger partial charge in [0.15, 0.2) is 0 Å². The Kier molecular flexibility index (Phi) is 3.79. The molecule has 88 valence electrons. The van der Waals surface area contributed by atoms with E-state index in [4.69, 9.17) is 4.74 Å². The van der Waals surface area contributed by atoms with Crippen LogP contribution in [-0.2, 0) is 5.33 Å². The number of rotatable bonds is 3. The van der Waals surface area contributed by atoms with E-state index < -0.39 is 0 Å². The molecule has 0 saturated carbocycles. The Morgan fingerprint density at radius 1 is 1.12 bits per heavy atom. The highest BCUT2D eigenvalue weighted by atomic mass is 79.9. The molecule has 0 N–H and O–H groups in total. The topological polar surface area (TPSA) is 9.23 Å². The molecular weight excluding hydrogens is 283 g/mol. The molecule has 0 aliphatic rings. The van der Waals surface area contributed by atoms with Crippen molar-refractivity contribution in [1.82, 2.24) is 0 Å². The van der Waals surface area contributed by atoms with Crippen molar-refractivity contribution >= 4 is 15.9 Å². The maximum absolute atomic E-state index is 13.0. The van der Waals surface area contributed by atoms with Gasteiger partial charge in [-0.15, -0.1) is 0 Å². The summed E-state index contributed by atoms with van der Waals surface area (Å²) in [5.41, 5.74) is 2.37. The zero-order valence-corrected chi connectivity index (χ0v) is 11.0. The Morgan fingerprint density at radius 2 is 1.88 bits per heavy atom. The molecule has 0 spiro atoms. The third-order valence-corrected chi connectivity index (χ3v) is 3.09. The van der Waals surface area contributed by atoms with Gasteiger partial charge in [0, 0.05) is 11.4 Å². The summed E-state index contributed by atoms with van der Waals surface area (Å²) in [4.78, 5) is 0. The fourth-order valence-corrected chi connectivity index (χ4v) is 2.18. The van der Waals surface area contributed by atoms with E-state index in [1.165, 1.54) is 17.7 Å². The van der Waals surface area contributed by atoms with E-state index >= 15 is 0 Å². The van der Waals surface area contributed by atoms with Gasteiger partial charge < -0.3 is 4.74 Å². The summed E-state index contributed by atoms with van der Waals surface area (Å²) in [6.07, 6.45) is 0. The standard InChI is InChI=1S/C14H12BrFO/c1-10-7-14(6-5-11(10)9-15)17-13-4-2-3-12(16)8-13/h2-8H,9H2,1H3. The molecule has 0 aliphatic carbocycles. The maximum atomic E-state index is 13.0. The minimum absolute atomic E-state index is 0.295.